The van der Waals surface area contributed by atoms with Crippen molar-refractivity contribution >= 4 is 34.8 Å². The Morgan fingerprint density at radius 1 is 0.818 bits per heavy atom. The average Bonchev–Trinajstić information content (AvgIpc) is 2.85. The smallest absolute Gasteiger partial charge is 0.242 e. The van der Waals surface area contributed by atoms with Crippen LogP contribution in [-0.2, 0) is 33.9 Å². The fourth-order valence-corrected chi connectivity index (χ4v) is 4.69. The third kappa shape index (κ3) is 4.02. The fraction of sp³-hybridized carbons (Fsp3) is 0.423. The van der Waals surface area contributed by atoms with Crippen molar-refractivity contribution in [2.75, 3.05) is 35.3 Å². The molecule has 4 rings (SSSR count). The molecule has 0 radical (unpaired) electrons. The molecular formula is C26H32N4O3. The van der Waals surface area contributed by atoms with E-state index in [0.717, 1.165) is 34.6 Å². The predicted octanol–water partition coefficient (Wildman–Crippen LogP) is 3.24. The highest BCUT2D eigenvalue weighted by Crippen LogP contribution is 2.38. The van der Waals surface area contributed by atoms with Gasteiger partial charge in [-0.25, -0.2) is 0 Å². The number of aryl methyl sites for hydroxylation is 1. The molecule has 0 saturated carbocycles. The van der Waals surface area contributed by atoms with Crippen LogP contribution in [0.2, 0.25) is 0 Å². The number of hydrogen-bond donors (Lipinski definition) is 1. The van der Waals surface area contributed by atoms with Crippen LogP contribution in [-0.4, -0.2) is 38.4 Å². The van der Waals surface area contributed by atoms with E-state index in [4.69, 9.17) is 0 Å². The first kappa shape index (κ1) is 23.0. The van der Waals surface area contributed by atoms with Crippen molar-refractivity contribution in [3.63, 3.8) is 0 Å². The van der Waals surface area contributed by atoms with E-state index in [0.29, 0.717) is 26.1 Å². The Morgan fingerprint density at radius 2 is 1.45 bits per heavy atom. The summed E-state index contributed by atoms with van der Waals surface area (Å²) in [7, 11) is 3.56. The minimum atomic E-state index is -1.11. The van der Waals surface area contributed by atoms with Gasteiger partial charge in [0.05, 0.1) is 11.4 Å². The van der Waals surface area contributed by atoms with Crippen molar-refractivity contribution in [3.05, 3.63) is 53.1 Å². The van der Waals surface area contributed by atoms with Crippen molar-refractivity contribution in [1.29, 1.82) is 0 Å². The molecule has 0 fully saturated rings. The Balaban J connectivity index is 1.51. The first-order chi connectivity index (χ1) is 15.6. The molecule has 33 heavy (non-hydrogen) atoms. The van der Waals surface area contributed by atoms with Crippen LogP contribution in [0, 0.1) is 5.41 Å². The van der Waals surface area contributed by atoms with E-state index in [1.54, 1.807) is 35.6 Å². The highest BCUT2D eigenvalue weighted by atomic mass is 16.2. The molecule has 0 unspecified atom stereocenters. The van der Waals surface area contributed by atoms with E-state index >= 15 is 0 Å². The summed E-state index contributed by atoms with van der Waals surface area (Å²) in [6.45, 7) is 7.08. The second-order valence-corrected chi connectivity index (χ2v) is 9.38. The van der Waals surface area contributed by atoms with Crippen LogP contribution < -0.4 is 20.0 Å². The van der Waals surface area contributed by atoms with Crippen LogP contribution >= 0.6 is 0 Å². The summed E-state index contributed by atoms with van der Waals surface area (Å²) in [5, 5.41) is 3.46. The summed E-state index contributed by atoms with van der Waals surface area (Å²) in [6, 6.07) is 12.2. The molecule has 2 aliphatic rings. The number of benzene rings is 2. The molecule has 0 saturated heterocycles. The minimum Gasteiger partial charge on any atom is -0.315 e. The van der Waals surface area contributed by atoms with Gasteiger partial charge in [0.15, 0.2) is 0 Å². The zero-order chi connectivity index (χ0) is 23.9. The Hall–Kier alpha value is -3.19. The third-order valence-corrected chi connectivity index (χ3v) is 6.78. The highest BCUT2D eigenvalue weighted by Gasteiger charge is 2.45. The number of carbonyl (C=O) groups excluding carboxylic acids is 3. The first-order valence-corrected chi connectivity index (χ1v) is 11.5. The molecule has 2 heterocycles. The molecule has 1 N–H and O–H groups in total. The van der Waals surface area contributed by atoms with Gasteiger partial charge in [-0.1, -0.05) is 18.2 Å². The van der Waals surface area contributed by atoms with Gasteiger partial charge in [0.2, 0.25) is 17.7 Å². The minimum absolute atomic E-state index is 0.152. The van der Waals surface area contributed by atoms with Gasteiger partial charge >= 0.3 is 0 Å². The SMILES string of the molecule is CCN1C(=O)C(C)(C)C(=O)N(C)c2cc(CNCc3ccc4c(c3)N(C)C(=O)CC4)ccc21. The summed E-state index contributed by atoms with van der Waals surface area (Å²) in [5.74, 6) is -0.232. The van der Waals surface area contributed by atoms with Crippen LogP contribution in [0.15, 0.2) is 36.4 Å². The number of rotatable bonds is 5. The molecular weight excluding hydrogens is 416 g/mol. The molecule has 7 heteroatoms. The predicted molar refractivity (Wildman–Crippen MR) is 130 cm³/mol. The number of anilines is 3. The molecule has 0 spiro atoms. The van der Waals surface area contributed by atoms with E-state index < -0.39 is 5.41 Å². The standard InChI is InChI=1S/C26H32N4O3/c1-6-30-20-11-8-18(14-22(20)29(5)24(32)26(2,3)25(30)33)16-27-15-17-7-9-19-10-12-23(31)28(4)21(19)13-17/h7-9,11,13-14,27H,6,10,12,15-16H2,1-5H3. The number of fused-ring (bicyclic) bond motifs is 2. The van der Waals surface area contributed by atoms with Gasteiger partial charge in [0.25, 0.3) is 0 Å². The summed E-state index contributed by atoms with van der Waals surface area (Å²) >= 11 is 0. The van der Waals surface area contributed by atoms with Crippen LogP contribution in [0.1, 0.15) is 43.9 Å². The Morgan fingerprint density at radius 3 is 2.12 bits per heavy atom. The molecule has 0 aromatic heterocycles. The lowest BCUT2D eigenvalue weighted by Gasteiger charge is -2.27. The van der Waals surface area contributed by atoms with E-state index in [-0.39, 0.29) is 17.7 Å². The normalized spacial score (nSPS) is 17.7. The van der Waals surface area contributed by atoms with Gasteiger partial charge in [-0.3, -0.25) is 14.4 Å². The Bertz CT molecular complexity index is 1120. The summed E-state index contributed by atoms with van der Waals surface area (Å²) < 4.78 is 0. The number of amides is 3. The lowest BCUT2D eigenvalue weighted by Crippen LogP contribution is -2.47. The molecule has 2 aromatic carbocycles. The summed E-state index contributed by atoms with van der Waals surface area (Å²) in [4.78, 5) is 43.1. The van der Waals surface area contributed by atoms with Gasteiger partial charge in [0, 0.05) is 45.8 Å². The van der Waals surface area contributed by atoms with Crippen molar-refractivity contribution in [2.45, 2.75) is 46.7 Å². The van der Waals surface area contributed by atoms with E-state index in [1.807, 2.05) is 32.2 Å². The molecule has 3 amide bonds. The maximum absolute atomic E-state index is 13.0. The van der Waals surface area contributed by atoms with E-state index in [9.17, 15) is 14.4 Å². The summed E-state index contributed by atoms with van der Waals surface area (Å²) in [5.41, 5.74) is 4.73. The molecule has 0 aliphatic carbocycles. The second kappa shape index (κ2) is 8.63. The average molecular weight is 449 g/mol. The molecule has 0 atom stereocenters. The van der Waals surface area contributed by atoms with Gasteiger partial charge in [-0.05, 0) is 62.1 Å². The van der Waals surface area contributed by atoms with Crippen LogP contribution in [0.25, 0.3) is 0 Å². The quantitative estimate of drug-likeness (QED) is 0.713. The monoisotopic (exact) mass is 448 g/mol. The van der Waals surface area contributed by atoms with Crippen molar-refractivity contribution in [3.8, 4) is 0 Å². The number of nitrogens with zero attached hydrogens (tertiary/aromatic N) is 3. The van der Waals surface area contributed by atoms with Gasteiger partial charge in [0.1, 0.15) is 5.41 Å². The second-order valence-electron chi connectivity index (χ2n) is 9.38. The van der Waals surface area contributed by atoms with Gasteiger partial charge in [-0.2, -0.15) is 0 Å². The van der Waals surface area contributed by atoms with Crippen LogP contribution in [0.5, 0.6) is 0 Å². The molecule has 2 aliphatic heterocycles. The molecule has 2 aromatic rings. The molecule has 174 valence electrons. The number of hydrogen-bond acceptors (Lipinski definition) is 4. The lowest BCUT2D eigenvalue weighted by atomic mass is 9.90. The lowest BCUT2D eigenvalue weighted by molar-refractivity contribution is -0.137. The zero-order valence-corrected chi connectivity index (χ0v) is 20.1. The van der Waals surface area contributed by atoms with Crippen molar-refractivity contribution < 1.29 is 14.4 Å². The fourth-order valence-electron chi connectivity index (χ4n) is 4.69. The van der Waals surface area contributed by atoms with Crippen LogP contribution in [0.3, 0.4) is 0 Å². The highest BCUT2D eigenvalue weighted by molar-refractivity contribution is 6.19. The van der Waals surface area contributed by atoms with E-state index in [2.05, 4.69) is 23.5 Å². The Labute approximate surface area is 195 Å². The third-order valence-electron chi connectivity index (χ3n) is 6.78. The zero-order valence-electron chi connectivity index (χ0n) is 20.1. The van der Waals surface area contributed by atoms with Crippen molar-refractivity contribution in [2.24, 2.45) is 5.41 Å². The summed E-state index contributed by atoms with van der Waals surface area (Å²) in [6.07, 6.45) is 1.36. The van der Waals surface area contributed by atoms with Gasteiger partial charge in [-0.15, -0.1) is 0 Å². The largest absolute Gasteiger partial charge is 0.315 e. The molecule has 0 bridgehead atoms. The van der Waals surface area contributed by atoms with Crippen molar-refractivity contribution in [1.82, 2.24) is 5.32 Å². The maximum atomic E-state index is 13.0. The number of carbonyl (C=O) groups is 3. The van der Waals surface area contributed by atoms with Crippen LogP contribution in [0.4, 0.5) is 17.1 Å². The topological polar surface area (TPSA) is 73.0 Å². The van der Waals surface area contributed by atoms with E-state index in [1.165, 1.54) is 5.56 Å². The Kier molecular flexibility index (Phi) is 6.01. The molecule has 7 nitrogen and oxygen atoms in total. The van der Waals surface area contributed by atoms with Gasteiger partial charge < -0.3 is 20.0 Å². The first-order valence-electron chi connectivity index (χ1n) is 11.5. The maximum Gasteiger partial charge on any atom is 0.242 e. The number of nitrogens with one attached hydrogen (secondary N) is 1.